The lowest BCUT2D eigenvalue weighted by atomic mass is 10.1. The average Bonchev–Trinajstić information content (AvgIpc) is 3.05. The van der Waals surface area contributed by atoms with Gasteiger partial charge in [0.15, 0.2) is 18.1 Å². The van der Waals surface area contributed by atoms with E-state index < -0.39 is 22.0 Å². The number of nitrogens with zero attached hydrogens (tertiary/aromatic N) is 2. The van der Waals surface area contributed by atoms with Crippen LogP contribution in [0.25, 0.3) is 6.08 Å². The molecule has 3 rings (SSSR count). The molecule has 0 N–H and O–H groups in total. The molecule has 2 aromatic carbocycles. The number of rotatable bonds is 8. The van der Waals surface area contributed by atoms with Gasteiger partial charge in [-0.15, -0.1) is 0 Å². The zero-order chi connectivity index (χ0) is 24.1. The lowest BCUT2D eigenvalue weighted by Crippen LogP contribution is -2.27. The molecule has 0 atom stereocenters. The number of benzene rings is 2. The van der Waals surface area contributed by atoms with E-state index in [1.807, 2.05) is 0 Å². The van der Waals surface area contributed by atoms with E-state index in [-0.39, 0.29) is 40.3 Å². The number of nitro benzene ring substituents is 1. The van der Waals surface area contributed by atoms with Gasteiger partial charge in [-0.1, -0.05) is 23.7 Å². The van der Waals surface area contributed by atoms with Crippen LogP contribution in [-0.4, -0.2) is 47.8 Å². The highest BCUT2D eigenvalue weighted by molar-refractivity contribution is 8.18. The van der Waals surface area contributed by atoms with Crippen LogP contribution < -0.4 is 9.47 Å². The zero-order valence-electron chi connectivity index (χ0n) is 17.4. The Morgan fingerprint density at radius 3 is 2.67 bits per heavy atom. The smallest absolute Gasteiger partial charge is 0.343 e. The molecule has 1 aliphatic rings. The molecule has 0 bridgehead atoms. The number of hydrogen-bond donors (Lipinski definition) is 0. The van der Waals surface area contributed by atoms with Crippen LogP contribution in [0.1, 0.15) is 11.1 Å². The van der Waals surface area contributed by atoms with E-state index in [0.717, 1.165) is 16.7 Å². The molecule has 0 saturated carbocycles. The lowest BCUT2D eigenvalue weighted by Gasteiger charge is -2.13. The molecule has 33 heavy (non-hydrogen) atoms. The molecule has 1 fully saturated rings. The fraction of sp³-hybridized carbons (Fsp3) is 0.190. The van der Waals surface area contributed by atoms with Crippen molar-refractivity contribution in [2.24, 2.45) is 0 Å². The summed E-state index contributed by atoms with van der Waals surface area (Å²) in [5, 5.41) is 10.6. The molecule has 10 nitrogen and oxygen atoms in total. The summed E-state index contributed by atoms with van der Waals surface area (Å²) in [7, 11) is 2.60. The molecular formula is C21H17ClN2O8S. The fourth-order valence-corrected chi connectivity index (χ4v) is 4.00. The van der Waals surface area contributed by atoms with E-state index >= 15 is 0 Å². The van der Waals surface area contributed by atoms with Gasteiger partial charge in [0, 0.05) is 12.1 Å². The zero-order valence-corrected chi connectivity index (χ0v) is 19.0. The van der Waals surface area contributed by atoms with Crippen molar-refractivity contribution in [1.82, 2.24) is 4.90 Å². The number of carbonyl (C=O) groups excluding carboxylic acids is 3. The maximum Gasteiger partial charge on any atom is 0.343 e. The summed E-state index contributed by atoms with van der Waals surface area (Å²) in [6.45, 7) is -0.476. The number of imide groups is 1. The Labute approximate surface area is 197 Å². The number of methoxy groups -OCH3 is 2. The first-order valence-electron chi connectivity index (χ1n) is 9.29. The van der Waals surface area contributed by atoms with E-state index in [0.29, 0.717) is 11.1 Å². The third-order valence-corrected chi connectivity index (χ3v) is 5.64. The quantitative estimate of drug-likeness (QED) is 0.232. The topological polar surface area (TPSA) is 125 Å². The van der Waals surface area contributed by atoms with E-state index in [9.17, 15) is 24.5 Å². The normalized spacial score (nSPS) is 14.5. The molecule has 0 unspecified atom stereocenters. The Kier molecular flexibility index (Phi) is 7.56. The first-order valence-corrected chi connectivity index (χ1v) is 10.5. The van der Waals surface area contributed by atoms with E-state index in [2.05, 4.69) is 4.74 Å². The maximum atomic E-state index is 12.8. The predicted octanol–water partition coefficient (Wildman–Crippen LogP) is 4.05. The molecule has 0 aromatic heterocycles. The SMILES string of the molecule is COC(=O)COc1c(Cl)cc(/C=C2\SC(=O)N(Cc3cccc([N+](=O)[O-])c3)C2=O)cc1OC. The summed E-state index contributed by atoms with van der Waals surface area (Å²) in [5.41, 5.74) is 0.777. The third kappa shape index (κ3) is 5.62. The molecule has 1 saturated heterocycles. The maximum absolute atomic E-state index is 12.8. The van der Waals surface area contributed by atoms with Crippen LogP contribution in [0.15, 0.2) is 41.3 Å². The second-order valence-electron chi connectivity index (χ2n) is 6.59. The van der Waals surface area contributed by atoms with E-state index in [1.54, 1.807) is 6.07 Å². The molecule has 1 heterocycles. The number of hydrogen-bond acceptors (Lipinski definition) is 9. The largest absolute Gasteiger partial charge is 0.493 e. The van der Waals surface area contributed by atoms with Gasteiger partial charge in [-0.3, -0.25) is 24.6 Å². The Morgan fingerprint density at radius 1 is 1.24 bits per heavy atom. The van der Waals surface area contributed by atoms with Crippen LogP contribution in [0.4, 0.5) is 10.5 Å². The Hall–Kier alpha value is -3.57. The van der Waals surface area contributed by atoms with Crippen molar-refractivity contribution in [2.45, 2.75) is 6.54 Å². The van der Waals surface area contributed by atoms with Crippen molar-refractivity contribution in [1.29, 1.82) is 0 Å². The van der Waals surface area contributed by atoms with Crippen LogP contribution in [0, 0.1) is 10.1 Å². The van der Waals surface area contributed by atoms with Crippen LogP contribution >= 0.6 is 23.4 Å². The number of ether oxygens (including phenoxy) is 3. The van der Waals surface area contributed by atoms with Gasteiger partial charge in [-0.05, 0) is 41.1 Å². The number of amides is 2. The van der Waals surface area contributed by atoms with Gasteiger partial charge in [0.1, 0.15) is 0 Å². The highest BCUT2D eigenvalue weighted by Gasteiger charge is 2.35. The van der Waals surface area contributed by atoms with Crippen molar-refractivity contribution in [3.63, 3.8) is 0 Å². The van der Waals surface area contributed by atoms with Gasteiger partial charge in [-0.2, -0.15) is 0 Å². The first kappa shape index (κ1) is 24.1. The second kappa shape index (κ2) is 10.4. The molecule has 0 radical (unpaired) electrons. The van der Waals surface area contributed by atoms with Crippen LogP contribution in [0.5, 0.6) is 11.5 Å². The fourth-order valence-electron chi connectivity index (χ4n) is 2.89. The third-order valence-electron chi connectivity index (χ3n) is 4.45. The minimum atomic E-state index is -0.602. The van der Waals surface area contributed by atoms with Gasteiger partial charge in [0.2, 0.25) is 0 Å². The highest BCUT2D eigenvalue weighted by Crippen LogP contribution is 2.39. The van der Waals surface area contributed by atoms with Gasteiger partial charge in [0.05, 0.1) is 35.6 Å². The second-order valence-corrected chi connectivity index (χ2v) is 7.99. The van der Waals surface area contributed by atoms with Gasteiger partial charge in [-0.25, -0.2) is 4.79 Å². The molecule has 0 spiro atoms. The summed E-state index contributed by atoms with van der Waals surface area (Å²) < 4.78 is 15.1. The molecule has 1 aliphatic heterocycles. The van der Waals surface area contributed by atoms with Crippen molar-refractivity contribution >= 4 is 52.2 Å². The predicted molar refractivity (Wildman–Crippen MR) is 120 cm³/mol. The molecule has 172 valence electrons. The summed E-state index contributed by atoms with van der Waals surface area (Å²) in [6, 6.07) is 8.74. The first-order chi connectivity index (χ1) is 15.7. The van der Waals surface area contributed by atoms with Gasteiger partial charge in [0.25, 0.3) is 16.8 Å². The van der Waals surface area contributed by atoms with Crippen molar-refractivity contribution in [3.05, 3.63) is 67.6 Å². The molecular weight excluding hydrogens is 476 g/mol. The number of non-ortho nitro benzene ring substituents is 1. The lowest BCUT2D eigenvalue weighted by molar-refractivity contribution is -0.384. The Bertz CT molecular complexity index is 1170. The molecule has 12 heteroatoms. The van der Waals surface area contributed by atoms with Gasteiger partial charge < -0.3 is 14.2 Å². The highest BCUT2D eigenvalue weighted by atomic mass is 35.5. The van der Waals surface area contributed by atoms with Crippen LogP contribution in [0.2, 0.25) is 5.02 Å². The number of carbonyl (C=O) groups is 3. The number of thioether (sulfide) groups is 1. The number of nitro groups is 1. The van der Waals surface area contributed by atoms with Crippen molar-refractivity contribution < 1.29 is 33.5 Å². The average molecular weight is 493 g/mol. The standard InChI is InChI=1S/C21H17ClN2O8S/c1-30-16-8-13(7-15(22)19(16)32-11-18(25)31-2)9-17-20(26)23(21(27)33-17)10-12-4-3-5-14(6-12)24(28)29/h3-9H,10-11H2,1-2H3/b17-9-. The molecule has 2 aromatic rings. The molecule has 0 aliphatic carbocycles. The molecule has 2 amide bonds. The Balaban J connectivity index is 1.82. The Morgan fingerprint density at radius 2 is 2.00 bits per heavy atom. The summed E-state index contributed by atoms with van der Waals surface area (Å²) in [4.78, 5) is 48.1. The van der Waals surface area contributed by atoms with Crippen molar-refractivity contribution in [3.8, 4) is 11.5 Å². The van der Waals surface area contributed by atoms with Crippen LogP contribution in [-0.2, 0) is 20.9 Å². The monoisotopic (exact) mass is 492 g/mol. The van der Waals surface area contributed by atoms with Gasteiger partial charge >= 0.3 is 5.97 Å². The summed E-state index contributed by atoms with van der Waals surface area (Å²) in [6.07, 6.45) is 1.47. The number of esters is 1. The van der Waals surface area contributed by atoms with E-state index in [1.165, 1.54) is 50.6 Å². The van der Waals surface area contributed by atoms with Crippen molar-refractivity contribution in [2.75, 3.05) is 20.8 Å². The summed E-state index contributed by atoms with van der Waals surface area (Å²) in [5.74, 6) is -0.804. The van der Waals surface area contributed by atoms with E-state index in [4.69, 9.17) is 21.1 Å². The minimum absolute atomic E-state index is 0.103. The summed E-state index contributed by atoms with van der Waals surface area (Å²) >= 11 is 6.99. The van der Waals surface area contributed by atoms with Crippen LogP contribution in [0.3, 0.4) is 0 Å². The number of halogens is 1. The minimum Gasteiger partial charge on any atom is -0.493 e.